The number of aliphatic hydroxyl groups is 1. The van der Waals surface area contributed by atoms with Crippen LogP contribution in [0, 0.1) is 11.3 Å². The van der Waals surface area contributed by atoms with Crippen molar-refractivity contribution in [2.24, 2.45) is 11.3 Å². The van der Waals surface area contributed by atoms with Crippen molar-refractivity contribution in [3.8, 4) is 0 Å². The zero-order valence-corrected chi connectivity index (χ0v) is 20.0. The molecular weight excluding hydrogens is 398 g/mol. The second-order valence-corrected chi connectivity index (χ2v) is 10.9. The van der Waals surface area contributed by atoms with Crippen LogP contribution in [0.5, 0.6) is 0 Å². The lowest BCUT2D eigenvalue weighted by Gasteiger charge is -2.54. The maximum atomic E-state index is 12.1. The number of ether oxygens (including phenoxy) is 1. The number of allylic oxidation sites excluding steroid dienone is 1. The lowest BCUT2D eigenvalue weighted by molar-refractivity contribution is -0.120. The summed E-state index contributed by atoms with van der Waals surface area (Å²) in [6, 6.07) is 8.91. The van der Waals surface area contributed by atoms with Gasteiger partial charge in [-0.2, -0.15) is 0 Å². The van der Waals surface area contributed by atoms with Crippen LogP contribution in [0.2, 0.25) is 0 Å². The van der Waals surface area contributed by atoms with Crippen LogP contribution < -0.4 is 4.90 Å². The number of anilines is 1. The van der Waals surface area contributed by atoms with E-state index in [1.54, 1.807) is 0 Å². The number of hydrogen-bond acceptors (Lipinski definition) is 4. The Hall–Kier alpha value is -1.91. The Morgan fingerprint density at radius 3 is 2.62 bits per heavy atom. The second kappa shape index (κ2) is 7.85. The predicted molar refractivity (Wildman–Crippen MR) is 128 cm³/mol. The van der Waals surface area contributed by atoms with Crippen molar-refractivity contribution < 1.29 is 14.6 Å². The molecule has 32 heavy (non-hydrogen) atoms. The molecule has 4 nitrogen and oxygen atoms in total. The molecule has 2 saturated carbocycles. The van der Waals surface area contributed by atoms with Crippen molar-refractivity contribution in [1.82, 2.24) is 0 Å². The highest BCUT2D eigenvalue weighted by Gasteiger charge is 2.63. The first kappa shape index (κ1) is 21.9. The molecule has 1 heterocycles. The summed E-state index contributed by atoms with van der Waals surface area (Å²) in [6.07, 6.45) is 7.95. The van der Waals surface area contributed by atoms with Crippen LogP contribution in [0.4, 0.5) is 5.69 Å². The molecule has 1 aliphatic heterocycles. The molecule has 1 aromatic rings. The minimum absolute atomic E-state index is 0.0403. The summed E-state index contributed by atoms with van der Waals surface area (Å²) >= 11 is 0. The molecule has 172 valence electrons. The fraction of sp³-hybridized carbons (Fsp3) is 0.607. The van der Waals surface area contributed by atoms with Crippen LogP contribution in [-0.4, -0.2) is 43.3 Å². The molecule has 0 radical (unpaired) electrons. The van der Waals surface area contributed by atoms with Crippen LogP contribution in [0.25, 0.3) is 0 Å². The SMILES string of the molecule is CCC[C@]1(O)CC[C@H]2[C@@H]3OCC4=CC(=O)CCC4=C3C(c3ccc(N(C)C)cc3)C[C@@]21C. The van der Waals surface area contributed by atoms with E-state index in [0.717, 1.165) is 44.1 Å². The smallest absolute Gasteiger partial charge is 0.156 e. The van der Waals surface area contributed by atoms with E-state index in [4.69, 9.17) is 4.74 Å². The van der Waals surface area contributed by atoms with Crippen LogP contribution in [-0.2, 0) is 9.53 Å². The predicted octanol–water partition coefficient (Wildman–Crippen LogP) is 5.17. The molecule has 0 aromatic heterocycles. The highest BCUT2D eigenvalue weighted by molar-refractivity contribution is 5.93. The average molecular weight is 436 g/mol. The first-order valence-electron chi connectivity index (χ1n) is 12.4. The number of carbonyl (C=O) groups excluding carboxylic acids is 1. The van der Waals surface area contributed by atoms with Gasteiger partial charge in [-0.25, -0.2) is 0 Å². The van der Waals surface area contributed by atoms with Gasteiger partial charge in [0.15, 0.2) is 5.78 Å². The quantitative estimate of drug-likeness (QED) is 0.709. The first-order valence-corrected chi connectivity index (χ1v) is 12.4. The lowest BCUT2D eigenvalue weighted by Crippen LogP contribution is -2.54. The topological polar surface area (TPSA) is 49.8 Å². The van der Waals surface area contributed by atoms with Gasteiger partial charge < -0.3 is 14.7 Å². The molecule has 4 heteroatoms. The largest absolute Gasteiger partial charge is 0.389 e. The van der Waals surface area contributed by atoms with Crippen LogP contribution >= 0.6 is 0 Å². The number of benzene rings is 1. The van der Waals surface area contributed by atoms with E-state index in [-0.39, 0.29) is 23.2 Å². The van der Waals surface area contributed by atoms with E-state index in [1.807, 2.05) is 6.08 Å². The molecule has 1 N–H and O–H groups in total. The van der Waals surface area contributed by atoms with Crippen LogP contribution in [0.15, 0.2) is 47.1 Å². The van der Waals surface area contributed by atoms with Crippen LogP contribution in [0.1, 0.15) is 70.3 Å². The van der Waals surface area contributed by atoms with Crippen molar-refractivity contribution in [3.63, 3.8) is 0 Å². The molecule has 2 fully saturated rings. The summed E-state index contributed by atoms with van der Waals surface area (Å²) in [6.45, 7) is 5.03. The third-order valence-electron chi connectivity index (χ3n) is 9.01. The second-order valence-electron chi connectivity index (χ2n) is 10.9. The zero-order chi connectivity index (χ0) is 22.7. The standard InChI is InChI=1S/C28H37NO3/c1-5-13-28(31)14-12-24-26-25(22-11-10-21(30)15-19(22)17-32-26)23(16-27(24,28)2)18-6-8-20(9-7-18)29(3)4/h6-9,15,23-24,26,31H,5,10-14,16-17H2,1-4H3/t23?,24-,26-,27-,28-/m0/s1. The highest BCUT2D eigenvalue weighted by Crippen LogP contribution is 2.65. The van der Waals surface area contributed by atoms with Gasteiger partial charge in [-0.05, 0) is 78.5 Å². The van der Waals surface area contributed by atoms with Gasteiger partial charge in [-0.3, -0.25) is 4.79 Å². The Labute approximate surface area is 192 Å². The lowest BCUT2D eigenvalue weighted by atomic mass is 9.55. The van der Waals surface area contributed by atoms with Gasteiger partial charge in [0.05, 0.1) is 18.3 Å². The van der Waals surface area contributed by atoms with Crippen molar-refractivity contribution in [2.75, 3.05) is 25.6 Å². The fourth-order valence-electron chi connectivity index (χ4n) is 7.23. The van der Waals surface area contributed by atoms with E-state index in [1.165, 1.54) is 22.4 Å². The summed E-state index contributed by atoms with van der Waals surface area (Å²) in [7, 11) is 4.13. The van der Waals surface area contributed by atoms with Gasteiger partial charge in [0, 0.05) is 37.5 Å². The monoisotopic (exact) mass is 435 g/mol. The maximum absolute atomic E-state index is 12.1. The third kappa shape index (κ3) is 3.21. The van der Waals surface area contributed by atoms with Gasteiger partial charge in [0.2, 0.25) is 0 Å². The molecule has 0 amide bonds. The zero-order valence-electron chi connectivity index (χ0n) is 20.0. The number of ketones is 1. The van der Waals surface area contributed by atoms with E-state index >= 15 is 0 Å². The third-order valence-corrected chi connectivity index (χ3v) is 9.01. The summed E-state index contributed by atoms with van der Waals surface area (Å²) in [5, 5.41) is 11.9. The van der Waals surface area contributed by atoms with Crippen molar-refractivity contribution in [3.05, 3.63) is 52.6 Å². The molecular formula is C28H37NO3. The van der Waals surface area contributed by atoms with E-state index in [9.17, 15) is 9.90 Å². The molecule has 1 unspecified atom stereocenters. The fourth-order valence-corrected chi connectivity index (χ4v) is 7.23. The minimum atomic E-state index is -0.632. The molecule has 3 aliphatic carbocycles. The average Bonchev–Trinajstić information content (AvgIpc) is 3.03. The summed E-state index contributed by atoms with van der Waals surface area (Å²) < 4.78 is 6.57. The Balaban J connectivity index is 1.65. The Morgan fingerprint density at radius 2 is 1.94 bits per heavy atom. The number of rotatable bonds is 4. The Morgan fingerprint density at radius 1 is 1.19 bits per heavy atom. The van der Waals surface area contributed by atoms with Gasteiger partial charge in [-0.1, -0.05) is 32.4 Å². The van der Waals surface area contributed by atoms with Crippen LogP contribution in [0.3, 0.4) is 0 Å². The van der Waals surface area contributed by atoms with Gasteiger partial charge >= 0.3 is 0 Å². The van der Waals surface area contributed by atoms with Gasteiger partial charge in [0.25, 0.3) is 0 Å². The first-order chi connectivity index (χ1) is 15.3. The molecule has 1 aromatic carbocycles. The van der Waals surface area contributed by atoms with Gasteiger partial charge in [0.1, 0.15) is 0 Å². The molecule has 0 bridgehead atoms. The molecule has 0 saturated heterocycles. The van der Waals surface area contributed by atoms with E-state index in [2.05, 4.69) is 57.1 Å². The van der Waals surface area contributed by atoms with Crippen molar-refractivity contribution in [1.29, 1.82) is 0 Å². The molecule has 5 rings (SSSR count). The molecule has 4 aliphatic rings. The Kier molecular flexibility index (Phi) is 5.37. The number of nitrogens with zero attached hydrogens (tertiary/aromatic N) is 1. The van der Waals surface area contributed by atoms with E-state index in [0.29, 0.717) is 18.9 Å². The van der Waals surface area contributed by atoms with Crippen molar-refractivity contribution >= 4 is 11.5 Å². The van der Waals surface area contributed by atoms with E-state index < -0.39 is 5.60 Å². The normalized spacial score (nSPS) is 36.3. The molecule has 0 spiro atoms. The summed E-state index contributed by atoms with van der Waals surface area (Å²) in [5.74, 6) is 0.765. The maximum Gasteiger partial charge on any atom is 0.156 e. The van der Waals surface area contributed by atoms with Gasteiger partial charge in [-0.15, -0.1) is 0 Å². The summed E-state index contributed by atoms with van der Waals surface area (Å²) in [5.41, 5.74) is 5.55. The summed E-state index contributed by atoms with van der Waals surface area (Å²) in [4.78, 5) is 14.3. The highest BCUT2D eigenvalue weighted by atomic mass is 16.5. The number of hydrogen-bond donors (Lipinski definition) is 1. The molecule has 5 atom stereocenters. The Bertz CT molecular complexity index is 975. The number of carbonyl (C=O) groups is 1. The minimum Gasteiger partial charge on any atom is -0.389 e. The van der Waals surface area contributed by atoms with Crippen molar-refractivity contribution in [2.45, 2.75) is 76.4 Å². The number of fused-ring (bicyclic) bond motifs is 4.